The SMILES string of the molecule is CNC(=O)c1nn(-c2ccnc(N)n2)c2cc(C#C[C@@H](C)O)ccc12. The Kier molecular flexibility index (Phi) is 4.33. The van der Waals surface area contributed by atoms with E-state index in [1.165, 1.54) is 10.9 Å². The molecule has 4 N–H and O–H groups in total. The van der Waals surface area contributed by atoms with Crippen molar-refractivity contribution in [2.24, 2.45) is 0 Å². The fourth-order valence-electron chi connectivity index (χ4n) is 2.32. The predicted molar refractivity (Wildman–Crippen MR) is 93.0 cm³/mol. The van der Waals surface area contributed by atoms with Crippen LogP contribution >= 0.6 is 0 Å². The van der Waals surface area contributed by atoms with Gasteiger partial charge >= 0.3 is 0 Å². The third-order valence-corrected chi connectivity index (χ3v) is 3.43. The summed E-state index contributed by atoms with van der Waals surface area (Å²) in [4.78, 5) is 20.2. The van der Waals surface area contributed by atoms with Crippen molar-refractivity contribution in [3.8, 4) is 17.7 Å². The predicted octanol–water partition coefficient (Wildman–Crippen LogP) is 0.490. The molecule has 2 heterocycles. The number of nitrogens with two attached hydrogens (primary N) is 1. The number of benzene rings is 1. The highest BCUT2D eigenvalue weighted by Crippen LogP contribution is 2.23. The van der Waals surface area contributed by atoms with Gasteiger partial charge in [0.15, 0.2) is 11.5 Å². The molecule has 1 atom stereocenters. The average molecular weight is 336 g/mol. The van der Waals surface area contributed by atoms with Crippen LogP contribution in [-0.2, 0) is 0 Å². The number of aliphatic hydroxyl groups excluding tert-OH is 1. The minimum absolute atomic E-state index is 0.104. The van der Waals surface area contributed by atoms with E-state index in [0.29, 0.717) is 22.3 Å². The van der Waals surface area contributed by atoms with Crippen molar-refractivity contribution in [3.63, 3.8) is 0 Å². The molecule has 3 aromatic rings. The Balaban J connectivity index is 2.25. The first kappa shape index (κ1) is 16.4. The minimum atomic E-state index is -0.733. The van der Waals surface area contributed by atoms with Crippen LogP contribution in [0.2, 0.25) is 0 Å². The number of nitrogen functional groups attached to an aromatic ring is 1. The van der Waals surface area contributed by atoms with Crippen LogP contribution in [0, 0.1) is 11.8 Å². The largest absolute Gasteiger partial charge is 0.381 e. The Morgan fingerprint density at radius 3 is 2.88 bits per heavy atom. The third-order valence-electron chi connectivity index (χ3n) is 3.43. The van der Waals surface area contributed by atoms with E-state index in [0.717, 1.165) is 0 Å². The molecule has 2 aromatic heterocycles. The number of nitrogens with one attached hydrogen (secondary N) is 1. The van der Waals surface area contributed by atoms with E-state index >= 15 is 0 Å². The molecular formula is C17H16N6O2. The second kappa shape index (κ2) is 6.59. The zero-order valence-electron chi connectivity index (χ0n) is 13.7. The first-order valence-electron chi connectivity index (χ1n) is 7.53. The lowest BCUT2D eigenvalue weighted by molar-refractivity contribution is 0.0959. The van der Waals surface area contributed by atoms with Crippen molar-refractivity contribution in [1.29, 1.82) is 0 Å². The van der Waals surface area contributed by atoms with E-state index in [4.69, 9.17) is 5.73 Å². The normalized spacial score (nSPS) is 11.6. The molecule has 0 bridgehead atoms. The van der Waals surface area contributed by atoms with Crippen molar-refractivity contribution < 1.29 is 9.90 Å². The summed E-state index contributed by atoms with van der Waals surface area (Å²) in [5.74, 6) is 5.80. The maximum atomic E-state index is 12.1. The zero-order chi connectivity index (χ0) is 18.0. The molecule has 0 aliphatic heterocycles. The Morgan fingerprint density at radius 1 is 1.40 bits per heavy atom. The highest BCUT2D eigenvalue weighted by molar-refractivity contribution is 6.05. The van der Waals surface area contributed by atoms with Crippen molar-refractivity contribution >= 4 is 22.8 Å². The molecule has 0 unspecified atom stereocenters. The van der Waals surface area contributed by atoms with Gasteiger partial charge < -0.3 is 16.2 Å². The van der Waals surface area contributed by atoms with Crippen LogP contribution in [0.4, 0.5) is 5.95 Å². The van der Waals surface area contributed by atoms with Gasteiger partial charge in [0, 0.05) is 30.3 Å². The quantitative estimate of drug-likeness (QED) is 0.586. The Morgan fingerprint density at radius 2 is 2.20 bits per heavy atom. The van der Waals surface area contributed by atoms with Gasteiger partial charge in [-0.2, -0.15) is 10.1 Å². The number of nitrogens with zero attached hydrogens (tertiary/aromatic N) is 4. The minimum Gasteiger partial charge on any atom is -0.381 e. The van der Waals surface area contributed by atoms with E-state index in [-0.39, 0.29) is 17.5 Å². The van der Waals surface area contributed by atoms with Gasteiger partial charge in [-0.1, -0.05) is 11.8 Å². The van der Waals surface area contributed by atoms with E-state index < -0.39 is 6.10 Å². The Labute approximate surface area is 143 Å². The van der Waals surface area contributed by atoms with Crippen LogP contribution < -0.4 is 11.1 Å². The molecule has 0 spiro atoms. The summed E-state index contributed by atoms with van der Waals surface area (Å²) < 4.78 is 1.52. The number of aromatic nitrogens is 4. The number of rotatable bonds is 2. The van der Waals surface area contributed by atoms with E-state index in [1.54, 1.807) is 38.2 Å². The second-order valence-corrected chi connectivity index (χ2v) is 5.29. The standard InChI is InChI=1S/C17H16N6O2/c1-10(24)3-4-11-5-6-12-13(9-11)23(22-15(12)16(25)19-2)14-7-8-20-17(18)21-14/h5-10,24H,1-2H3,(H,19,25)(H2,18,20,21)/t10-/m1/s1. The van der Waals surface area contributed by atoms with Crippen LogP contribution in [-0.4, -0.2) is 43.9 Å². The molecule has 8 nitrogen and oxygen atoms in total. The van der Waals surface area contributed by atoms with Gasteiger partial charge in [0.05, 0.1) is 5.52 Å². The smallest absolute Gasteiger partial charge is 0.272 e. The highest BCUT2D eigenvalue weighted by atomic mass is 16.3. The van der Waals surface area contributed by atoms with Crippen molar-refractivity contribution in [2.45, 2.75) is 13.0 Å². The lowest BCUT2D eigenvalue weighted by Crippen LogP contribution is -2.19. The molecule has 1 amide bonds. The van der Waals surface area contributed by atoms with Gasteiger partial charge in [-0.05, 0) is 25.1 Å². The van der Waals surface area contributed by atoms with Crippen LogP contribution in [0.5, 0.6) is 0 Å². The molecule has 0 aliphatic rings. The summed E-state index contributed by atoms with van der Waals surface area (Å²) in [5.41, 5.74) is 7.25. The molecule has 0 aliphatic carbocycles. The number of carbonyl (C=O) groups is 1. The highest BCUT2D eigenvalue weighted by Gasteiger charge is 2.18. The maximum absolute atomic E-state index is 12.1. The first-order valence-corrected chi connectivity index (χ1v) is 7.53. The second-order valence-electron chi connectivity index (χ2n) is 5.29. The van der Waals surface area contributed by atoms with Gasteiger partial charge in [0.1, 0.15) is 6.10 Å². The number of hydrogen-bond acceptors (Lipinski definition) is 6. The van der Waals surface area contributed by atoms with E-state index in [1.807, 2.05) is 0 Å². The fraction of sp³-hybridized carbons (Fsp3) is 0.176. The molecule has 8 heteroatoms. The summed E-state index contributed by atoms with van der Waals surface area (Å²) in [5, 5.41) is 16.9. The monoisotopic (exact) mass is 336 g/mol. The number of aliphatic hydroxyl groups is 1. The summed E-state index contributed by atoms with van der Waals surface area (Å²) in [6, 6.07) is 6.96. The zero-order valence-corrected chi connectivity index (χ0v) is 13.7. The molecule has 0 radical (unpaired) electrons. The first-order chi connectivity index (χ1) is 12.0. The number of anilines is 1. The van der Waals surface area contributed by atoms with Crippen molar-refractivity contribution in [1.82, 2.24) is 25.1 Å². The summed E-state index contributed by atoms with van der Waals surface area (Å²) in [7, 11) is 1.54. The number of hydrogen-bond donors (Lipinski definition) is 3. The topological polar surface area (TPSA) is 119 Å². The molecule has 0 fully saturated rings. The molecular weight excluding hydrogens is 320 g/mol. The lowest BCUT2D eigenvalue weighted by atomic mass is 10.1. The van der Waals surface area contributed by atoms with Gasteiger partial charge in [-0.25, -0.2) is 9.67 Å². The van der Waals surface area contributed by atoms with Gasteiger partial charge in [0.2, 0.25) is 5.95 Å². The molecule has 1 aromatic carbocycles. The summed E-state index contributed by atoms with van der Waals surface area (Å²) >= 11 is 0. The van der Waals surface area contributed by atoms with Crippen molar-refractivity contribution in [3.05, 3.63) is 41.7 Å². The van der Waals surface area contributed by atoms with Crippen molar-refractivity contribution in [2.75, 3.05) is 12.8 Å². The Bertz CT molecular complexity index is 1010. The number of fused-ring (bicyclic) bond motifs is 1. The van der Waals surface area contributed by atoms with Gasteiger partial charge in [-0.3, -0.25) is 4.79 Å². The van der Waals surface area contributed by atoms with Crippen LogP contribution in [0.25, 0.3) is 16.7 Å². The fourth-order valence-corrected chi connectivity index (χ4v) is 2.32. The molecule has 0 saturated heterocycles. The van der Waals surface area contributed by atoms with Crippen LogP contribution in [0.15, 0.2) is 30.5 Å². The van der Waals surface area contributed by atoms with Crippen LogP contribution in [0.1, 0.15) is 23.0 Å². The molecule has 0 saturated carbocycles. The van der Waals surface area contributed by atoms with E-state index in [9.17, 15) is 9.90 Å². The van der Waals surface area contributed by atoms with Gasteiger partial charge in [-0.15, -0.1) is 0 Å². The average Bonchev–Trinajstić information content (AvgIpc) is 2.98. The third kappa shape index (κ3) is 3.27. The lowest BCUT2D eigenvalue weighted by Gasteiger charge is -2.03. The summed E-state index contributed by atoms with van der Waals surface area (Å²) in [6.07, 6.45) is 0.783. The number of carbonyl (C=O) groups excluding carboxylic acids is 1. The van der Waals surface area contributed by atoms with Crippen LogP contribution in [0.3, 0.4) is 0 Å². The maximum Gasteiger partial charge on any atom is 0.272 e. The molecule has 126 valence electrons. The van der Waals surface area contributed by atoms with E-state index in [2.05, 4.69) is 32.2 Å². The van der Waals surface area contributed by atoms with Gasteiger partial charge in [0.25, 0.3) is 5.91 Å². The molecule has 25 heavy (non-hydrogen) atoms. The summed E-state index contributed by atoms with van der Waals surface area (Å²) in [6.45, 7) is 1.59. The number of amides is 1. The molecule has 3 rings (SSSR count). The Hall–Kier alpha value is -3.44.